The van der Waals surface area contributed by atoms with E-state index in [4.69, 9.17) is 14.9 Å². The van der Waals surface area contributed by atoms with Gasteiger partial charge in [0.25, 0.3) is 5.91 Å². The maximum Gasteiger partial charge on any atom is 0.420 e. The lowest BCUT2D eigenvalue weighted by Gasteiger charge is -2.13. The second kappa shape index (κ2) is 4.58. The summed E-state index contributed by atoms with van der Waals surface area (Å²) in [4.78, 5) is 35.9. The summed E-state index contributed by atoms with van der Waals surface area (Å²) < 4.78 is 25.6. The first-order valence-corrected chi connectivity index (χ1v) is 7.08. The molecule has 0 bridgehead atoms. The molecule has 1 atom stereocenters. The maximum atomic E-state index is 14.5. The number of rotatable bonds is 3. The Balaban J connectivity index is 1.79. The third-order valence-corrected chi connectivity index (χ3v) is 4.00. The summed E-state index contributed by atoms with van der Waals surface area (Å²) in [7, 11) is 0. The molecular weight excluding hydrogens is 309 g/mol. The zero-order chi connectivity index (χ0) is 16.3. The molecule has 1 aliphatic heterocycles. The predicted octanol–water partition coefficient (Wildman–Crippen LogP) is 0.879. The number of cyclic esters (lactones) is 1. The fourth-order valence-electron chi connectivity index (χ4n) is 2.75. The lowest BCUT2D eigenvalue weighted by Crippen LogP contribution is -2.32. The Hall–Kier alpha value is -2.84. The fourth-order valence-corrected chi connectivity index (χ4v) is 2.75. The molecule has 2 aliphatic rings. The number of carbonyl (C=O) groups is 2. The van der Waals surface area contributed by atoms with E-state index in [2.05, 4.69) is 0 Å². The van der Waals surface area contributed by atoms with Crippen molar-refractivity contribution in [1.82, 2.24) is 4.57 Å². The summed E-state index contributed by atoms with van der Waals surface area (Å²) in [5.41, 5.74) is 5.38. The standard InChI is InChI=1S/C14H12FN3O5/c15-8-3-7(17-5-10(12(16)19)23-13(17)20)4-9-11(8)18(6-1-2-6)14(21)22-9/h3-4,6,10H,1-2,5H2,(H2,16,19). The smallest absolute Gasteiger partial charge is 0.420 e. The number of amides is 2. The molecule has 0 spiro atoms. The molecule has 1 aromatic heterocycles. The number of ether oxygens (including phenoxy) is 1. The number of nitrogens with zero attached hydrogens (tertiary/aromatic N) is 2. The number of fused-ring (bicyclic) bond motifs is 1. The number of halogens is 1. The fraction of sp³-hybridized carbons (Fsp3) is 0.357. The normalized spacial score (nSPS) is 21.0. The van der Waals surface area contributed by atoms with E-state index in [0.717, 1.165) is 23.8 Å². The van der Waals surface area contributed by atoms with Crippen LogP contribution in [0.2, 0.25) is 0 Å². The first kappa shape index (κ1) is 13.8. The van der Waals surface area contributed by atoms with Crippen LogP contribution in [0.4, 0.5) is 14.9 Å². The van der Waals surface area contributed by atoms with Crippen LogP contribution in [0.25, 0.3) is 11.1 Å². The van der Waals surface area contributed by atoms with Crippen LogP contribution in [-0.2, 0) is 9.53 Å². The number of aromatic nitrogens is 1. The number of hydrogen-bond donors (Lipinski definition) is 1. The van der Waals surface area contributed by atoms with Crippen molar-refractivity contribution in [2.24, 2.45) is 5.73 Å². The van der Waals surface area contributed by atoms with E-state index in [1.165, 1.54) is 10.6 Å². The number of hydrogen-bond acceptors (Lipinski definition) is 5. The highest BCUT2D eigenvalue weighted by Crippen LogP contribution is 2.38. The van der Waals surface area contributed by atoms with E-state index in [0.29, 0.717) is 0 Å². The Morgan fingerprint density at radius 2 is 2.04 bits per heavy atom. The number of carbonyl (C=O) groups excluding carboxylic acids is 2. The van der Waals surface area contributed by atoms with Gasteiger partial charge >= 0.3 is 11.8 Å². The molecule has 1 unspecified atom stereocenters. The van der Waals surface area contributed by atoms with Crippen molar-refractivity contribution in [2.75, 3.05) is 11.4 Å². The minimum Gasteiger partial charge on any atom is -0.434 e. The summed E-state index contributed by atoms with van der Waals surface area (Å²) in [6.45, 7) is -0.118. The molecule has 1 saturated carbocycles. The van der Waals surface area contributed by atoms with Crippen molar-refractivity contribution in [2.45, 2.75) is 25.0 Å². The van der Waals surface area contributed by atoms with Gasteiger partial charge in [0.2, 0.25) is 0 Å². The molecule has 9 heteroatoms. The molecule has 2 amide bonds. The van der Waals surface area contributed by atoms with E-state index in [1.54, 1.807) is 0 Å². The van der Waals surface area contributed by atoms with Crippen molar-refractivity contribution >= 4 is 28.8 Å². The molecule has 2 heterocycles. The molecule has 2 N–H and O–H groups in total. The molecule has 1 aromatic carbocycles. The second-order valence-electron chi connectivity index (χ2n) is 5.63. The number of anilines is 1. The molecule has 1 saturated heterocycles. The molecule has 120 valence electrons. The monoisotopic (exact) mass is 321 g/mol. The van der Waals surface area contributed by atoms with Crippen molar-refractivity contribution in [3.63, 3.8) is 0 Å². The average Bonchev–Trinajstić information content (AvgIpc) is 3.14. The van der Waals surface area contributed by atoms with Crippen molar-refractivity contribution in [3.05, 3.63) is 28.5 Å². The number of primary amides is 1. The Kier molecular flexibility index (Phi) is 2.75. The Bertz CT molecular complexity index is 898. The molecule has 2 fully saturated rings. The van der Waals surface area contributed by atoms with E-state index in [9.17, 15) is 18.8 Å². The summed E-state index contributed by atoms with van der Waals surface area (Å²) in [5.74, 6) is -2.09. The van der Waals surface area contributed by atoms with Crippen LogP contribution in [0.3, 0.4) is 0 Å². The van der Waals surface area contributed by atoms with Gasteiger partial charge in [0, 0.05) is 18.2 Å². The summed E-state index contributed by atoms with van der Waals surface area (Å²) in [6.07, 6.45) is -0.302. The van der Waals surface area contributed by atoms with Crippen LogP contribution >= 0.6 is 0 Å². The van der Waals surface area contributed by atoms with Gasteiger partial charge in [-0.2, -0.15) is 0 Å². The van der Waals surface area contributed by atoms with Gasteiger partial charge in [-0.1, -0.05) is 0 Å². The summed E-state index contributed by atoms with van der Waals surface area (Å²) >= 11 is 0. The Morgan fingerprint density at radius 3 is 2.65 bits per heavy atom. The molecule has 4 rings (SSSR count). The van der Waals surface area contributed by atoms with E-state index in [-0.39, 0.29) is 29.4 Å². The van der Waals surface area contributed by atoms with Gasteiger partial charge in [0.1, 0.15) is 5.52 Å². The molecule has 8 nitrogen and oxygen atoms in total. The van der Waals surface area contributed by atoms with Crippen LogP contribution in [0, 0.1) is 5.82 Å². The quantitative estimate of drug-likeness (QED) is 0.903. The number of nitrogens with two attached hydrogens (primary N) is 1. The van der Waals surface area contributed by atoms with Gasteiger partial charge in [0.05, 0.1) is 12.2 Å². The van der Waals surface area contributed by atoms with Gasteiger partial charge in [-0.05, 0) is 12.8 Å². The highest BCUT2D eigenvalue weighted by Gasteiger charge is 2.37. The SMILES string of the molecule is NC(=O)C1CN(c2cc(F)c3c(c2)oc(=O)n3C2CC2)C(=O)O1. The minimum atomic E-state index is -1.09. The van der Waals surface area contributed by atoms with Gasteiger partial charge < -0.3 is 14.9 Å². The van der Waals surface area contributed by atoms with Gasteiger partial charge in [-0.15, -0.1) is 0 Å². The third-order valence-electron chi connectivity index (χ3n) is 4.00. The minimum absolute atomic E-state index is 0.0416. The molecule has 0 radical (unpaired) electrons. The van der Waals surface area contributed by atoms with E-state index < -0.39 is 29.7 Å². The first-order valence-electron chi connectivity index (χ1n) is 7.08. The predicted molar refractivity (Wildman–Crippen MR) is 75.5 cm³/mol. The largest absolute Gasteiger partial charge is 0.434 e. The summed E-state index contributed by atoms with van der Waals surface area (Å²) in [6, 6.07) is 2.45. The number of benzene rings is 1. The van der Waals surface area contributed by atoms with Crippen LogP contribution in [-0.4, -0.2) is 29.2 Å². The van der Waals surface area contributed by atoms with Gasteiger partial charge in [-0.25, -0.2) is 14.0 Å². The van der Waals surface area contributed by atoms with Crippen LogP contribution in [0.15, 0.2) is 21.3 Å². The van der Waals surface area contributed by atoms with E-state index >= 15 is 0 Å². The van der Waals surface area contributed by atoms with Crippen LogP contribution < -0.4 is 16.4 Å². The Labute approximate surface area is 128 Å². The van der Waals surface area contributed by atoms with Crippen molar-refractivity contribution in [3.8, 4) is 0 Å². The zero-order valence-electron chi connectivity index (χ0n) is 11.8. The molecule has 23 heavy (non-hydrogen) atoms. The highest BCUT2D eigenvalue weighted by molar-refractivity contribution is 5.96. The molecular formula is C14H12FN3O5. The summed E-state index contributed by atoms with van der Waals surface area (Å²) in [5, 5.41) is 0. The molecule has 2 aromatic rings. The van der Waals surface area contributed by atoms with Crippen LogP contribution in [0.5, 0.6) is 0 Å². The third kappa shape index (κ3) is 2.07. The average molecular weight is 321 g/mol. The number of oxazole rings is 1. The van der Waals surface area contributed by atoms with Crippen LogP contribution in [0.1, 0.15) is 18.9 Å². The maximum absolute atomic E-state index is 14.5. The van der Waals surface area contributed by atoms with Crippen molar-refractivity contribution < 1.29 is 23.1 Å². The first-order chi connectivity index (χ1) is 11.0. The van der Waals surface area contributed by atoms with Gasteiger partial charge in [0.15, 0.2) is 17.5 Å². The zero-order valence-corrected chi connectivity index (χ0v) is 11.8. The lowest BCUT2D eigenvalue weighted by atomic mass is 10.2. The topological polar surface area (TPSA) is 108 Å². The van der Waals surface area contributed by atoms with Crippen molar-refractivity contribution in [1.29, 1.82) is 0 Å². The second-order valence-corrected chi connectivity index (χ2v) is 5.63. The van der Waals surface area contributed by atoms with Gasteiger partial charge in [-0.3, -0.25) is 14.3 Å². The molecule has 1 aliphatic carbocycles. The lowest BCUT2D eigenvalue weighted by molar-refractivity contribution is -0.124. The Morgan fingerprint density at radius 1 is 1.30 bits per heavy atom. The highest BCUT2D eigenvalue weighted by atomic mass is 19.1. The van der Waals surface area contributed by atoms with E-state index in [1.807, 2.05) is 0 Å².